The van der Waals surface area contributed by atoms with Gasteiger partial charge in [0.2, 0.25) is 11.2 Å². The van der Waals surface area contributed by atoms with Crippen molar-refractivity contribution >= 4 is 11.3 Å². The second-order valence-electron chi connectivity index (χ2n) is 4.50. The monoisotopic (exact) mass is 315 g/mol. The lowest BCUT2D eigenvalue weighted by molar-refractivity contribution is 0.284. The summed E-state index contributed by atoms with van der Waals surface area (Å²) in [5.41, 5.74) is 2.69. The molecule has 1 aromatic carbocycles. The van der Waals surface area contributed by atoms with Crippen molar-refractivity contribution in [3.8, 4) is 17.2 Å². The minimum absolute atomic E-state index is 0.104. The van der Waals surface area contributed by atoms with Gasteiger partial charge in [0.1, 0.15) is 12.3 Å². The fourth-order valence-corrected chi connectivity index (χ4v) is 2.62. The van der Waals surface area contributed by atoms with Crippen molar-refractivity contribution in [1.29, 1.82) is 0 Å². The zero-order valence-corrected chi connectivity index (χ0v) is 12.4. The van der Waals surface area contributed by atoms with E-state index in [-0.39, 0.29) is 30.2 Å². The van der Waals surface area contributed by atoms with Crippen LogP contribution in [0.4, 0.5) is 0 Å². The van der Waals surface area contributed by atoms with Gasteiger partial charge in [0, 0.05) is 6.07 Å². The van der Waals surface area contributed by atoms with Gasteiger partial charge in [-0.2, -0.15) is 0 Å². The number of ether oxygens (including phenoxy) is 1. The Bertz CT molecular complexity index is 810. The van der Waals surface area contributed by atoms with Gasteiger partial charge in [-0.15, -0.1) is 11.3 Å². The van der Waals surface area contributed by atoms with E-state index in [0.717, 1.165) is 5.56 Å². The normalized spacial score (nSPS) is 10.6. The van der Waals surface area contributed by atoms with Gasteiger partial charge in [-0.1, -0.05) is 30.3 Å². The highest BCUT2D eigenvalue weighted by Gasteiger charge is 2.18. The Morgan fingerprint density at radius 1 is 1.23 bits per heavy atom. The van der Waals surface area contributed by atoms with Crippen LogP contribution < -0.4 is 10.2 Å². The molecule has 0 fully saturated rings. The molecule has 5 nitrogen and oxygen atoms in total. The minimum atomic E-state index is -0.283. The third-order valence-corrected chi connectivity index (χ3v) is 3.88. The van der Waals surface area contributed by atoms with E-state index in [2.05, 4.69) is 4.98 Å². The van der Waals surface area contributed by atoms with E-state index < -0.39 is 0 Å². The summed E-state index contributed by atoms with van der Waals surface area (Å²) in [5.74, 6) is 0.348. The Morgan fingerprint density at radius 3 is 2.82 bits per heavy atom. The van der Waals surface area contributed by atoms with Crippen LogP contribution in [0, 0.1) is 0 Å². The maximum absolute atomic E-state index is 12.1. The summed E-state index contributed by atoms with van der Waals surface area (Å²) in [6, 6.07) is 10.8. The van der Waals surface area contributed by atoms with Crippen molar-refractivity contribution in [2.45, 2.75) is 13.2 Å². The quantitative estimate of drug-likeness (QED) is 0.784. The number of aliphatic hydroxyl groups is 1. The maximum atomic E-state index is 12.1. The van der Waals surface area contributed by atoms with E-state index in [9.17, 15) is 9.90 Å². The van der Waals surface area contributed by atoms with Crippen LogP contribution in [0.1, 0.15) is 10.4 Å². The van der Waals surface area contributed by atoms with Gasteiger partial charge in [-0.3, -0.25) is 4.79 Å². The van der Waals surface area contributed by atoms with Crippen LogP contribution >= 0.6 is 11.3 Å². The molecule has 2 aromatic heterocycles. The number of hydrogen-bond donors (Lipinski definition) is 1. The lowest BCUT2D eigenvalue weighted by Gasteiger charge is -2.09. The fraction of sp³-hybridized carbons (Fsp3) is 0.125. The summed E-state index contributed by atoms with van der Waals surface area (Å²) >= 11 is 1.29. The Morgan fingerprint density at radius 2 is 2.05 bits per heavy atom. The van der Waals surface area contributed by atoms with E-state index in [1.807, 2.05) is 30.3 Å². The standard InChI is InChI=1S/C16H13NO4S/c18-8-13-14(17-10-22-13)16-15(12(19)6-7-20-16)21-9-11-4-2-1-3-5-11/h1-7,10,18H,8-9H2. The van der Waals surface area contributed by atoms with Crippen LogP contribution in [0.3, 0.4) is 0 Å². The Hall–Kier alpha value is -2.44. The largest absolute Gasteiger partial charge is 0.481 e. The van der Waals surface area contributed by atoms with E-state index in [4.69, 9.17) is 9.15 Å². The maximum Gasteiger partial charge on any atom is 0.227 e. The van der Waals surface area contributed by atoms with E-state index in [1.54, 1.807) is 5.51 Å². The molecule has 1 N–H and O–H groups in total. The SMILES string of the molecule is O=c1ccoc(-c2ncsc2CO)c1OCc1ccccc1. The molecule has 0 bridgehead atoms. The van der Waals surface area contributed by atoms with Crippen LogP contribution in [-0.4, -0.2) is 10.1 Å². The molecule has 2 heterocycles. The molecule has 0 amide bonds. The van der Waals surface area contributed by atoms with Gasteiger partial charge in [0.15, 0.2) is 5.76 Å². The van der Waals surface area contributed by atoms with Gasteiger partial charge in [-0.25, -0.2) is 4.98 Å². The van der Waals surface area contributed by atoms with Crippen molar-refractivity contribution in [3.63, 3.8) is 0 Å². The highest BCUT2D eigenvalue weighted by Crippen LogP contribution is 2.31. The van der Waals surface area contributed by atoms with Crippen LogP contribution in [0.15, 0.2) is 57.4 Å². The van der Waals surface area contributed by atoms with Gasteiger partial charge in [0.05, 0.1) is 23.3 Å². The summed E-state index contributed by atoms with van der Waals surface area (Å²) in [6.07, 6.45) is 1.30. The molecule has 0 atom stereocenters. The average Bonchev–Trinajstić information content (AvgIpc) is 3.03. The van der Waals surface area contributed by atoms with Crippen LogP contribution in [0.5, 0.6) is 5.75 Å². The zero-order chi connectivity index (χ0) is 15.4. The topological polar surface area (TPSA) is 72.6 Å². The molecule has 3 aromatic rings. The van der Waals surface area contributed by atoms with E-state index in [0.29, 0.717) is 10.6 Å². The molecule has 0 radical (unpaired) electrons. The zero-order valence-electron chi connectivity index (χ0n) is 11.6. The van der Waals surface area contributed by atoms with E-state index in [1.165, 1.54) is 23.7 Å². The van der Waals surface area contributed by atoms with Crippen molar-refractivity contribution < 1.29 is 14.3 Å². The predicted molar refractivity (Wildman–Crippen MR) is 82.8 cm³/mol. The molecule has 0 saturated heterocycles. The van der Waals surface area contributed by atoms with Crippen molar-refractivity contribution in [2.75, 3.05) is 0 Å². The molecule has 6 heteroatoms. The number of nitrogens with zero attached hydrogens (tertiary/aromatic N) is 1. The molecule has 22 heavy (non-hydrogen) atoms. The first-order chi connectivity index (χ1) is 10.8. The third kappa shape index (κ3) is 2.93. The second-order valence-corrected chi connectivity index (χ2v) is 5.44. The number of rotatable bonds is 5. The molecular formula is C16H13NO4S. The number of thiazole rings is 1. The molecule has 0 unspecified atom stereocenters. The summed E-state index contributed by atoms with van der Waals surface area (Å²) in [6.45, 7) is 0.0813. The summed E-state index contributed by atoms with van der Waals surface area (Å²) in [7, 11) is 0. The number of aromatic nitrogens is 1. The van der Waals surface area contributed by atoms with Crippen molar-refractivity contribution in [2.24, 2.45) is 0 Å². The Balaban J connectivity index is 1.95. The molecule has 0 aliphatic rings. The van der Waals surface area contributed by atoms with Crippen molar-refractivity contribution in [1.82, 2.24) is 4.98 Å². The average molecular weight is 315 g/mol. The number of benzene rings is 1. The van der Waals surface area contributed by atoms with Crippen LogP contribution in [0.25, 0.3) is 11.5 Å². The lowest BCUT2D eigenvalue weighted by Crippen LogP contribution is -2.08. The van der Waals surface area contributed by atoms with Gasteiger partial charge >= 0.3 is 0 Å². The fourth-order valence-electron chi connectivity index (χ4n) is 2.00. The smallest absolute Gasteiger partial charge is 0.227 e. The number of aliphatic hydroxyl groups excluding tert-OH is 1. The first-order valence-corrected chi connectivity index (χ1v) is 7.49. The molecule has 3 rings (SSSR count). The van der Waals surface area contributed by atoms with Gasteiger partial charge in [0.25, 0.3) is 0 Å². The Kier molecular flexibility index (Phi) is 4.32. The summed E-state index contributed by atoms with van der Waals surface area (Å²) < 4.78 is 11.1. The first kappa shape index (κ1) is 14.5. The molecule has 0 spiro atoms. The minimum Gasteiger partial charge on any atom is -0.481 e. The molecule has 112 valence electrons. The highest BCUT2D eigenvalue weighted by atomic mass is 32.1. The highest BCUT2D eigenvalue weighted by molar-refractivity contribution is 7.10. The predicted octanol–water partition coefficient (Wildman–Crippen LogP) is 2.83. The lowest BCUT2D eigenvalue weighted by atomic mass is 10.2. The third-order valence-electron chi connectivity index (χ3n) is 3.06. The van der Waals surface area contributed by atoms with Crippen LogP contribution in [0.2, 0.25) is 0 Å². The number of hydrogen-bond acceptors (Lipinski definition) is 6. The molecule has 0 aliphatic carbocycles. The molecule has 0 aliphatic heterocycles. The second kappa shape index (κ2) is 6.55. The first-order valence-electron chi connectivity index (χ1n) is 6.61. The van der Waals surface area contributed by atoms with E-state index >= 15 is 0 Å². The molecular weight excluding hydrogens is 302 g/mol. The van der Waals surface area contributed by atoms with Crippen LogP contribution in [-0.2, 0) is 13.2 Å². The summed E-state index contributed by atoms with van der Waals surface area (Å²) in [5, 5.41) is 9.35. The van der Waals surface area contributed by atoms with Gasteiger partial charge < -0.3 is 14.3 Å². The Labute approximate surface area is 130 Å². The summed E-state index contributed by atoms with van der Waals surface area (Å²) in [4.78, 5) is 16.9. The van der Waals surface area contributed by atoms with Gasteiger partial charge in [-0.05, 0) is 5.56 Å². The molecule has 0 saturated carbocycles. The van der Waals surface area contributed by atoms with Crippen molar-refractivity contribution in [3.05, 3.63) is 68.8 Å².